The quantitative estimate of drug-likeness (QED) is 0.221. The van der Waals surface area contributed by atoms with Crippen LogP contribution in [0.1, 0.15) is 68.2 Å². The molecule has 0 aliphatic heterocycles. The van der Waals surface area contributed by atoms with Crippen LogP contribution in [-0.4, -0.2) is 0 Å². The van der Waals surface area contributed by atoms with Gasteiger partial charge >= 0.3 is 0 Å². The van der Waals surface area contributed by atoms with Crippen molar-refractivity contribution in [1.29, 1.82) is 0 Å². The second kappa shape index (κ2) is 8.62. The Bertz CT molecular complexity index is 1300. The van der Waals surface area contributed by atoms with Gasteiger partial charge in [0.2, 0.25) is 0 Å². The van der Waals surface area contributed by atoms with Gasteiger partial charge in [-0.05, 0) is 109 Å². The lowest BCUT2D eigenvalue weighted by Crippen LogP contribution is -2.06. The fraction of sp³-hybridized carbons (Fsp3) is 0.286. The summed E-state index contributed by atoms with van der Waals surface area (Å²) in [6, 6.07) is 18.9. The molecule has 2 atom stereocenters. The van der Waals surface area contributed by atoms with Crippen LogP contribution in [0.3, 0.4) is 0 Å². The number of fused-ring (bicyclic) bond motifs is 2. The molecule has 0 aromatic carbocycles. The first-order valence-corrected chi connectivity index (χ1v) is 16.0. The average molecular weight is 521 g/mol. The van der Waals surface area contributed by atoms with Crippen molar-refractivity contribution in [2.24, 2.45) is 0 Å². The number of aryl methyl sites for hydroxylation is 2. The molecule has 0 radical (unpaired) electrons. The van der Waals surface area contributed by atoms with Crippen molar-refractivity contribution in [3.05, 3.63) is 89.9 Å². The van der Waals surface area contributed by atoms with Crippen LogP contribution in [0, 0.1) is 0 Å². The summed E-state index contributed by atoms with van der Waals surface area (Å²) in [7, 11) is 0. The van der Waals surface area contributed by atoms with E-state index in [2.05, 4.69) is 59.3 Å². The topological polar surface area (TPSA) is 0 Å². The summed E-state index contributed by atoms with van der Waals surface area (Å²) in [4.78, 5) is 12.0. The molecule has 5 heterocycles. The summed E-state index contributed by atoms with van der Waals surface area (Å²) < 4.78 is 0. The molecule has 0 fully saturated rings. The Morgan fingerprint density at radius 3 is 1.48 bits per heavy atom. The van der Waals surface area contributed by atoms with Gasteiger partial charge in [0.05, 0.1) is 0 Å². The van der Waals surface area contributed by atoms with Crippen molar-refractivity contribution in [3.63, 3.8) is 0 Å². The van der Waals surface area contributed by atoms with E-state index >= 15 is 0 Å². The Kier molecular flexibility index (Phi) is 5.44. The summed E-state index contributed by atoms with van der Waals surface area (Å²) >= 11 is 9.87. The molecule has 2 aliphatic carbocycles. The maximum Gasteiger partial charge on any atom is 0.0449 e. The van der Waals surface area contributed by atoms with E-state index in [1.165, 1.54) is 58.0 Å². The molecule has 0 spiro atoms. The monoisotopic (exact) mass is 520 g/mol. The van der Waals surface area contributed by atoms with E-state index < -0.39 is 0 Å². The zero-order chi connectivity index (χ0) is 21.8. The molecule has 2 aliphatic rings. The Balaban J connectivity index is 1.14. The van der Waals surface area contributed by atoms with Gasteiger partial charge in [-0.1, -0.05) is 0 Å². The van der Waals surface area contributed by atoms with Crippen LogP contribution >= 0.6 is 56.7 Å². The first-order chi connectivity index (χ1) is 16.3. The average Bonchev–Trinajstić information content (AvgIpc) is 3.68. The molecule has 33 heavy (non-hydrogen) atoms. The molecular weight excluding hydrogens is 497 g/mol. The van der Waals surface area contributed by atoms with Gasteiger partial charge in [-0.2, -0.15) is 0 Å². The molecule has 0 saturated carbocycles. The molecular formula is C28H24S5. The SMILES string of the molecule is c1cc2c(s1)CCCC2c1ccc(-c2ccc(-c3ccc(C4CCCc5sccc54)s3)s2)s1. The van der Waals surface area contributed by atoms with Crippen LogP contribution in [0.4, 0.5) is 0 Å². The number of thiophene rings is 5. The predicted octanol–water partition coefficient (Wildman–Crippen LogP) is 10.3. The van der Waals surface area contributed by atoms with Gasteiger partial charge in [-0.3, -0.25) is 0 Å². The maximum atomic E-state index is 2.39. The van der Waals surface area contributed by atoms with Crippen LogP contribution in [0.15, 0.2) is 59.3 Å². The normalized spacial score (nSPS) is 20.0. The van der Waals surface area contributed by atoms with Crippen molar-refractivity contribution < 1.29 is 0 Å². The highest BCUT2D eigenvalue weighted by Crippen LogP contribution is 2.47. The molecule has 5 aromatic heterocycles. The molecule has 0 amide bonds. The van der Waals surface area contributed by atoms with Crippen LogP contribution in [0.5, 0.6) is 0 Å². The fourth-order valence-corrected chi connectivity index (χ4v) is 11.0. The van der Waals surface area contributed by atoms with Crippen molar-refractivity contribution >= 4 is 56.7 Å². The van der Waals surface area contributed by atoms with E-state index in [0.29, 0.717) is 11.8 Å². The van der Waals surface area contributed by atoms with Gasteiger partial charge in [-0.25, -0.2) is 0 Å². The highest BCUT2D eigenvalue weighted by Gasteiger charge is 2.26. The Hall–Kier alpha value is -1.50. The van der Waals surface area contributed by atoms with Gasteiger partial charge in [0.1, 0.15) is 0 Å². The zero-order valence-electron chi connectivity index (χ0n) is 18.2. The van der Waals surface area contributed by atoms with Gasteiger partial charge in [0.25, 0.3) is 0 Å². The predicted molar refractivity (Wildman–Crippen MR) is 149 cm³/mol. The zero-order valence-corrected chi connectivity index (χ0v) is 22.3. The third-order valence-electron chi connectivity index (χ3n) is 7.14. The first kappa shape index (κ1) is 20.8. The lowest BCUT2D eigenvalue weighted by molar-refractivity contribution is 0.632. The van der Waals surface area contributed by atoms with Crippen molar-refractivity contribution in [1.82, 2.24) is 0 Å². The largest absolute Gasteiger partial charge is 0.149 e. The van der Waals surface area contributed by atoms with E-state index in [4.69, 9.17) is 0 Å². The Morgan fingerprint density at radius 2 is 0.970 bits per heavy atom. The second-order valence-corrected chi connectivity index (χ2v) is 14.4. The number of hydrogen-bond donors (Lipinski definition) is 0. The van der Waals surface area contributed by atoms with Crippen molar-refractivity contribution in [2.45, 2.75) is 50.4 Å². The minimum absolute atomic E-state index is 0.607. The van der Waals surface area contributed by atoms with Crippen molar-refractivity contribution in [2.75, 3.05) is 0 Å². The minimum atomic E-state index is 0.607. The molecule has 5 heteroatoms. The van der Waals surface area contributed by atoms with Crippen LogP contribution in [0.2, 0.25) is 0 Å². The van der Waals surface area contributed by atoms with E-state index in [1.54, 1.807) is 30.6 Å². The number of hydrogen-bond acceptors (Lipinski definition) is 5. The molecule has 0 nitrogen and oxygen atoms in total. The molecule has 2 unspecified atom stereocenters. The number of rotatable bonds is 4. The van der Waals surface area contributed by atoms with E-state index in [9.17, 15) is 0 Å². The Labute approximate surface area is 215 Å². The van der Waals surface area contributed by atoms with Crippen LogP contribution in [0.25, 0.3) is 19.5 Å². The fourth-order valence-electron chi connectivity index (χ4n) is 5.51. The molecule has 0 bridgehead atoms. The Morgan fingerprint density at radius 1 is 0.515 bits per heavy atom. The lowest BCUT2D eigenvalue weighted by Gasteiger charge is -2.21. The highest BCUT2D eigenvalue weighted by atomic mass is 32.1. The van der Waals surface area contributed by atoms with Gasteiger partial charge in [-0.15, -0.1) is 56.7 Å². The summed E-state index contributed by atoms with van der Waals surface area (Å²) in [5, 5.41) is 4.57. The summed E-state index contributed by atoms with van der Waals surface area (Å²) in [6.45, 7) is 0. The third kappa shape index (κ3) is 3.73. The summed E-state index contributed by atoms with van der Waals surface area (Å²) in [6.07, 6.45) is 7.78. The molecule has 5 aromatic rings. The maximum absolute atomic E-state index is 2.39. The lowest BCUT2D eigenvalue weighted by atomic mass is 9.87. The standard InChI is InChI=1S/C28H24S5/c1-3-17(19-13-15-29-21(19)5-1)23-7-9-25(31-23)27-11-12-28(33-27)26-10-8-24(32-26)18-4-2-6-22-20(18)14-16-30-22/h7-18H,1-6H2. The highest BCUT2D eigenvalue weighted by molar-refractivity contribution is 7.26. The summed E-state index contributed by atoms with van der Waals surface area (Å²) in [5.41, 5.74) is 3.18. The van der Waals surface area contributed by atoms with Crippen molar-refractivity contribution in [3.8, 4) is 19.5 Å². The van der Waals surface area contributed by atoms with Gasteiger partial charge in [0.15, 0.2) is 0 Å². The smallest absolute Gasteiger partial charge is 0.0449 e. The third-order valence-corrected chi connectivity index (χ3v) is 13.0. The van der Waals surface area contributed by atoms with Gasteiger partial charge in [0, 0.05) is 50.9 Å². The molecule has 166 valence electrons. The second-order valence-electron chi connectivity index (χ2n) is 9.06. The van der Waals surface area contributed by atoms with E-state index in [0.717, 1.165) is 0 Å². The minimum Gasteiger partial charge on any atom is -0.149 e. The van der Waals surface area contributed by atoms with Crippen LogP contribution < -0.4 is 0 Å². The molecule has 0 N–H and O–H groups in total. The van der Waals surface area contributed by atoms with E-state index in [-0.39, 0.29) is 0 Å². The van der Waals surface area contributed by atoms with Crippen LogP contribution in [-0.2, 0) is 12.8 Å². The summed E-state index contributed by atoms with van der Waals surface area (Å²) in [5.74, 6) is 1.21. The first-order valence-electron chi connectivity index (χ1n) is 11.8. The molecule has 7 rings (SSSR count). The molecule has 0 saturated heterocycles. The van der Waals surface area contributed by atoms with Gasteiger partial charge < -0.3 is 0 Å². The van der Waals surface area contributed by atoms with E-state index in [1.807, 2.05) is 56.7 Å².